The summed E-state index contributed by atoms with van der Waals surface area (Å²) in [6.45, 7) is 11.2. The van der Waals surface area contributed by atoms with Gasteiger partial charge in [-0.2, -0.15) is 0 Å². The molecule has 0 aromatic carbocycles. The summed E-state index contributed by atoms with van der Waals surface area (Å²) in [5, 5.41) is 8.71. The van der Waals surface area contributed by atoms with E-state index in [4.69, 9.17) is 5.11 Å². The Hall–Kier alpha value is -1.05. The maximum absolute atomic E-state index is 10.6. The first-order chi connectivity index (χ1) is 12.3. The van der Waals surface area contributed by atoms with Gasteiger partial charge in [0, 0.05) is 6.42 Å². The van der Waals surface area contributed by atoms with Gasteiger partial charge in [0.15, 0.2) is 0 Å². The van der Waals surface area contributed by atoms with E-state index >= 15 is 0 Å². The summed E-state index contributed by atoms with van der Waals surface area (Å²) in [5.41, 5.74) is 2.87. The van der Waals surface area contributed by atoms with Crippen molar-refractivity contribution in [3.63, 3.8) is 0 Å². The molecule has 0 radical (unpaired) electrons. The molecule has 0 bridgehead atoms. The lowest BCUT2D eigenvalue weighted by atomic mass is 9.95. The van der Waals surface area contributed by atoms with Crippen LogP contribution in [-0.4, -0.2) is 11.1 Å². The van der Waals surface area contributed by atoms with Gasteiger partial charge in [0.2, 0.25) is 0 Å². The lowest BCUT2D eigenvalue weighted by Crippen LogP contribution is -1.98. The van der Waals surface area contributed by atoms with E-state index in [0.29, 0.717) is 11.8 Å². The molecule has 0 unspecified atom stereocenters. The molecular formula is C24H44O2. The van der Waals surface area contributed by atoms with Crippen LogP contribution in [0.4, 0.5) is 0 Å². The Morgan fingerprint density at radius 2 is 1.27 bits per heavy atom. The van der Waals surface area contributed by atoms with Crippen LogP contribution in [0.15, 0.2) is 23.3 Å². The van der Waals surface area contributed by atoms with Crippen LogP contribution in [0.5, 0.6) is 0 Å². The predicted octanol–water partition coefficient (Wildman–Crippen LogP) is 7.94. The van der Waals surface area contributed by atoms with Crippen LogP contribution in [0.3, 0.4) is 0 Å². The van der Waals surface area contributed by atoms with Gasteiger partial charge in [0.05, 0.1) is 0 Å². The van der Waals surface area contributed by atoms with Crippen LogP contribution in [-0.2, 0) is 4.79 Å². The van der Waals surface area contributed by atoms with Crippen molar-refractivity contribution in [2.45, 2.75) is 112 Å². The van der Waals surface area contributed by atoms with Crippen molar-refractivity contribution in [2.75, 3.05) is 0 Å². The second kappa shape index (κ2) is 16.1. The van der Waals surface area contributed by atoms with E-state index in [1.54, 1.807) is 0 Å². The summed E-state index contributed by atoms with van der Waals surface area (Å²) in [4.78, 5) is 10.6. The Bertz CT molecular complexity index is 420. The van der Waals surface area contributed by atoms with Gasteiger partial charge in [-0.05, 0) is 51.4 Å². The van der Waals surface area contributed by atoms with E-state index in [0.717, 1.165) is 19.3 Å². The Balaban J connectivity index is 4.00. The molecule has 1 N–H and O–H groups in total. The summed E-state index contributed by atoms with van der Waals surface area (Å²) in [6.07, 6.45) is 18.8. The van der Waals surface area contributed by atoms with E-state index in [9.17, 15) is 4.79 Å². The molecule has 2 heteroatoms. The maximum Gasteiger partial charge on any atom is 0.303 e. The van der Waals surface area contributed by atoms with Crippen molar-refractivity contribution in [1.29, 1.82) is 0 Å². The average molecular weight is 365 g/mol. The number of aliphatic carboxylic acids is 1. The fourth-order valence-corrected chi connectivity index (χ4v) is 3.69. The van der Waals surface area contributed by atoms with Crippen LogP contribution in [0.1, 0.15) is 112 Å². The highest BCUT2D eigenvalue weighted by Crippen LogP contribution is 2.20. The molecule has 0 aliphatic carbocycles. The first-order valence-corrected chi connectivity index (χ1v) is 10.9. The number of hydrogen-bond acceptors (Lipinski definition) is 1. The molecule has 26 heavy (non-hydrogen) atoms. The topological polar surface area (TPSA) is 37.3 Å². The first kappa shape index (κ1) is 24.9. The predicted molar refractivity (Wildman–Crippen MR) is 115 cm³/mol. The molecule has 152 valence electrons. The van der Waals surface area contributed by atoms with Crippen LogP contribution < -0.4 is 0 Å². The molecule has 0 saturated heterocycles. The summed E-state index contributed by atoms with van der Waals surface area (Å²) in [6, 6.07) is 0. The molecule has 0 saturated carbocycles. The van der Waals surface area contributed by atoms with Crippen LogP contribution in [0.2, 0.25) is 0 Å². The third kappa shape index (κ3) is 16.4. The highest BCUT2D eigenvalue weighted by molar-refractivity contribution is 5.66. The lowest BCUT2D eigenvalue weighted by Gasteiger charge is -2.11. The number of rotatable bonds is 16. The number of carboxylic acid groups (broad SMARTS) is 1. The second-order valence-electron chi connectivity index (χ2n) is 8.35. The fourth-order valence-electron chi connectivity index (χ4n) is 3.69. The lowest BCUT2D eigenvalue weighted by molar-refractivity contribution is -0.137. The van der Waals surface area contributed by atoms with Gasteiger partial charge in [-0.15, -0.1) is 0 Å². The Morgan fingerprint density at radius 3 is 1.77 bits per heavy atom. The fraction of sp³-hybridized carbons (Fsp3) is 0.792. The monoisotopic (exact) mass is 364 g/mol. The largest absolute Gasteiger partial charge is 0.481 e. The summed E-state index contributed by atoms with van der Waals surface area (Å²) < 4.78 is 0. The van der Waals surface area contributed by atoms with E-state index in [1.165, 1.54) is 62.5 Å². The average Bonchev–Trinajstić information content (AvgIpc) is 2.53. The maximum atomic E-state index is 10.6. The third-order valence-electron chi connectivity index (χ3n) is 5.01. The zero-order chi connectivity index (χ0) is 19.8. The van der Waals surface area contributed by atoms with Gasteiger partial charge in [-0.3, -0.25) is 4.79 Å². The minimum absolute atomic E-state index is 0.284. The van der Waals surface area contributed by atoms with Crippen molar-refractivity contribution >= 4 is 5.97 Å². The number of carboxylic acids is 1. The molecule has 0 aromatic rings. The zero-order valence-electron chi connectivity index (χ0n) is 18.2. The standard InChI is InChI=1S/C24H44O2/c1-6-7-8-9-10-11-12-14-20(2)17-22(4)19-23(5)18-21(3)15-13-16-24(25)26/h17-18,20-21H,6-16,19H2,1-5H3,(H,25,26)/b22-17-,23-18+/t20-,21+/m0/s1. The molecule has 0 aromatic heterocycles. The Morgan fingerprint density at radius 1 is 0.808 bits per heavy atom. The van der Waals surface area contributed by atoms with Crippen molar-refractivity contribution in [3.8, 4) is 0 Å². The summed E-state index contributed by atoms with van der Waals surface area (Å²) in [5.74, 6) is 0.449. The zero-order valence-corrected chi connectivity index (χ0v) is 18.2. The van der Waals surface area contributed by atoms with Crippen molar-refractivity contribution in [1.82, 2.24) is 0 Å². The molecule has 0 aliphatic heterocycles. The molecule has 2 nitrogen and oxygen atoms in total. The van der Waals surface area contributed by atoms with E-state index in [2.05, 4.69) is 46.8 Å². The highest BCUT2D eigenvalue weighted by atomic mass is 16.4. The molecule has 0 amide bonds. The first-order valence-electron chi connectivity index (χ1n) is 10.9. The van der Waals surface area contributed by atoms with Crippen molar-refractivity contribution in [2.24, 2.45) is 11.8 Å². The van der Waals surface area contributed by atoms with Gasteiger partial charge in [-0.1, -0.05) is 89.0 Å². The van der Waals surface area contributed by atoms with E-state index in [1.807, 2.05) is 0 Å². The summed E-state index contributed by atoms with van der Waals surface area (Å²) >= 11 is 0. The second-order valence-corrected chi connectivity index (χ2v) is 8.35. The normalized spacial score (nSPS) is 15.1. The molecule has 0 heterocycles. The number of carbonyl (C=O) groups is 1. The van der Waals surface area contributed by atoms with Crippen LogP contribution in [0.25, 0.3) is 0 Å². The van der Waals surface area contributed by atoms with Gasteiger partial charge >= 0.3 is 5.97 Å². The van der Waals surface area contributed by atoms with Crippen LogP contribution in [0, 0.1) is 11.8 Å². The van der Waals surface area contributed by atoms with E-state index < -0.39 is 5.97 Å². The SMILES string of the molecule is CCCCCCCCC[C@H](C)/C=C(/C)C/C(C)=C/[C@H](C)CCCC(=O)O. The highest BCUT2D eigenvalue weighted by Gasteiger charge is 2.04. The number of hydrogen-bond donors (Lipinski definition) is 1. The summed E-state index contributed by atoms with van der Waals surface area (Å²) in [7, 11) is 0. The third-order valence-corrected chi connectivity index (χ3v) is 5.01. The molecule has 0 rings (SSSR count). The molecule has 0 aliphatic rings. The quantitative estimate of drug-likeness (QED) is 0.223. The van der Waals surface area contributed by atoms with E-state index in [-0.39, 0.29) is 6.42 Å². The minimum Gasteiger partial charge on any atom is -0.481 e. The molecular weight excluding hydrogens is 320 g/mol. The molecule has 2 atom stereocenters. The van der Waals surface area contributed by atoms with Gasteiger partial charge in [-0.25, -0.2) is 0 Å². The van der Waals surface area contributed by atoms with Gasteiger partial charge in [0.25, 0.3) is 0 Å². The number of unbranched alkanes of at least 4 members (excludes halogenated alkanes) is 6. The van der Waals surface area contributed by atoms with Gasteiger partial charge in [0.1, 0.15) is 0 Å². The Labute approximate surface area is 163 Å². The number of allylic oxidation sites excluding steroid dienone is 4. The Kier molecular flexibility index (Phi) is 15.5. The van der Waals surface area contributed by atoms with Crippen LogP contribution >= 0.6 is 0 Å². The minimum atomic E-state index is -0.688. The smallest absolute Gasteiger partial charge is 0.303 e. The molecule has 0 fully saturated rings. The van der Waals surface area contributed by atoms with Crippen molar-refractivity contribution in [3.05, 3.63) is 23.3 Å². The van der Waals surface area contributed by atoms with Gasteiger partial charge < -0.3 is 5.11 Å². The van der Waals surface area contributed by atoms with Crippen molar-refractivity contribution < 1.29 is 9.90 Å². The molecule has 0 spiro atoms.